The Morgan fingerprint density at radius 2 is 1.82 bits per heavy atom. The smallest absolute Gasteiger partial charge is 0.270 e. The highest BCUT2D eigenvalue weighted by Gasteiger charge is 2.18. The van der Waals surface area contributed by atoms with Crippen LogP contribution in [0.5, 0.6) is 0 Å². The zero-order valence-corrected chi connectivity index (χ0v) is 18.3. The summed E-state index contributed by atoms with van der Waals surface area (Å²) in [4.78, 5) is 11.1. The van der Waals surface area contributed by atoms with Gasteiger partial charge in [0.1, 0.15) is 0 Å². The van der Waals surface area contributed by atoms with E-state index in [0.29, 0.717) is 28.4 Å². The van der Waals surface area contributed by atoms with Crippen LogP contribution in [-0.2, 0) is 10.0 Å². The van der Waals surface area contributed by atoms with Gasteiger partial charge in [0.25, 0.3) is 15.7 Å². The summed E-state index contributed by atoms with van der Waals surface area (Å²) in [6.45, 7) is 0. The Morgan fingerprint density at radius 3 is 2.61 bits per heavy atom. The molecule has 164 valence electrons. The lowest BCUT2D eigenvalue weighted by Gasteiger charge is -2.10. The molecular weight excluding hydrogens is 464 g/mol. The Kier molecular flexibility index (Phi) is 5.07. The van der Waals surface area contributed by atoms with E-state index in [-0.39, 0.29) is 10.6 Å². The number of aromatic nitrogens is 4. The highest BCUT2D eigenvalue weighted by Crippen LogP contribution is 2.27. The van der Waals surface area contributed by atoms with Crippen molar-refractivity contribution in [1.29, 1.82) is 0 Å². The molecule has 0 saturated heterocycles. The molecule has 0 fully saturated rings. The molecule has 0 amide bonds. The van der Waals surface area contributed by atoms with Gasteiger partial charge in [0.2, 0.25) is 0 Å². The number of nitro benzene ring substituents is 1. The second-order valence-corrected chi connectivity index (χ2v) is 9.56. The van der Waals surface area contributed by atoms with Gasteiger partial charge in [-0.05, 0) is 41.8 Å². The van der Waals surface area contributed by atoms with E-state index in [9.17, 15) is 18.5 Å². The van der Waals surface area contributed by atoms with Crippen LogP contribution in [0.4, 0.5) is 11.4 Å². The molecule has 3 heterocycles. The largest absolute Gasteiger partial charge is 0.280 e. The molecule has 33 heavy (non-hydrogen) atoms. The molecule has 5 rings (SSSR count). The molecule has 0 radical (unpaired) electrons. The third-order valence-corrected chi connectivity index (χ3v) is 7.00. The van der Waals surface area contributed by atoms with E-state index in [2.05, 4.69) is 20.0 Å². The molecule has 0 aliphatic heterocycles. The van der Waals surface area contributed by atoms with Gasteiger partial charge in [-0.15, -0.1) is 21.5 Å². The molecular formula is C21H14N6O4S2. The zero-order valence-electron chi connectivity index (χ0n) is 16.7. The van der Waals surface area contributed by atoms with Crippen molar-refractivity contribution in [3.63, 3.8) is 0 Å². The van der Waals surface area contributed by atoms with Crippen LogP contribution in [-0.4, -0.2) is 33.2 Å². The molecule has 10 nitrogen and oxygen atoms in total. The van der Waals surface area contributed by atoms with Gasteiger partial charge in [0.05, 0.1) is 20.4 Å². The summed E-state index contributed by atoms with van der Waals surface area (Å²) in [6, 6.07) is 19.0. The van der Waals surface area contributed by atoms with Crippen molar-refractivity contribution < 1.29 is 13.3 Å². The maximum Gasteiger partial charge on any atom is 0.270 e. The van der Waals surface area contributed by atoms with E-state index in [0.717, 1.165) is 10.9 Å². The second-order valence-electron chi connectivity index (χ2n) is 6.93. The summed E-state index contributed by atoms with van der Waals surface area (Å²) in [6.07, 6.45) is 0. The number of nitrogens with one attached hydrogen (secondary N) is 1. The van der Waals surface area contributed by atoms with Crippen LogP contribution in [0, 0.1) is 10.1 Å². The minimum Gasteiger partial charge on any atom is -0.280 e. The molecule has 12 heteroatoms. The summed E-state index contributed by atoms with van der Waals surface area (Å²) < 4.78 is 29.7. The first kappa shape index (κ1) is 20.7. The Hall–Kier alpha value is -4.16. The van der Waals surface area contributed by atoms with E-state index >= 15 is 0 Å². The molecule has 3 aromatic heterocycles. The fraction of sp³-hybridized carbons (Fsp3) is 0. The van der Waals surface area contributed by atoms with Crippen LogP contribution in [0.15, 0.2) is 83.1 Å². The van der Waals surface area contributed by atoms with Gasteiger partial charge in [0, 0.05) is 23.4 Å². The summed E-state index contributed by atoms with van der Waals surface area (Å²) >= 11 is 1.52. The predicted octanol–water partition coefficient (Wildman–Crippen LogP) is 4.23. The average Bonchev–Trinajstić information content (AvgIpc) is 3.48. The minimum atomic E-state index is -4.03. The highest BCUT2D eigenvalue weighted by atomic mass is 32.2. The van der Waals surface area contributed by atoms with Crippen LogP contribution in [0.3, 0.4) is 0 Å². The van der Waals surface area contributed by atoms with Gasteiger partial charge in [-0.1, -0.05) is 24.3 Å². The molecule has 2 aromatic carbocycles. The number of non-ortho nitro benzene ring substituents is 1. The van der Waals surface area contributed by atoms with Gasteiger partial charge in [-0.3, -0.25) is 14.8 Å². The Bertz CT molecular complexity index is 1600. The maximum atomic E-state index is 12.8. The predicted molar refractivity (Wildman–Crippen MR) is 123 cm³/mol. The summed E-state index contributed by atoms with van der Waals surface area (Å²) in [5, 5.41) is 25.9. The lowest BCUT2D eigenvalue weighted by Crippen LogP contribution is -2.13. The minimum absolute atomic E-state index is 0.202. The zero-order chi connectivity index (χ0) is 23.0. The van der Waals surface area contributed by atoms with Crippen molar-refractivity contribution in [3.8, 4) is 22.0 Å². The van der Waals surface area contributed by atoms with Crippen LogP contribution >= 0.6 is 11.3 Å². The van der Waals surface area contributed by atoms with Crippen molar-refractivity contribution in [2.45, 2.75) is 4.90 Å². The number of nitrogens with zero attached hydrogens (tertiary/aromatic N) is 5. The van der Waals surface area contributed by atoms with Crippen LogP contribution in [0.1, 0.15) is 0 Å². The normalized spacial score (nSPS) is 11.5. The van der Waals surface area contributed by atoms with Crippen molar-refractivity contribution in [2.75, 3.05) is 4.72 Å². The molecule has 0 aliphatic rings. The number of hydrogen-bond donors (Lipinski definition) is 1. The average molecular weight is 479 g/mol. The van der Waals surface area contributed by atoms with Crippen LogP contribution < -0.4 is 4.72 Å². The number of hydrogen-bond acceptors (Lipinski definition) is 8. The molecule has 0 atom stereocenters. The molecule has 1 N–H and O–H groups in total. The van der Waals surface area contributed by atoms with Gasteiger partial charge in [-0.25, -0.2) is 8.42 Å². The van der Waals surface area contributed by atoms with E-state index in [1.54, 1.807) is 40.9 Å². The topological polar surface area (TPSA) is 132 Å². The first-order valence-corrected chi connectivity index (χ1v) is 11.9. The lowest BCUT2D eigenvalue weighted by atomic mass is 10.1. The maximum absolute atomic E-state index is 12.8. The van der Waals surface area contributed by atoms with Gasteiger partial charge >= 0.3 is 0 Å². The molecule has 0 aliphatic carbocycles. The molecule has 0 bridgehead atoms. The number of nitro groups is 1. The third-order valence-electron chi connectivity index (χ3n) is 4.75. The van der Waals surface area contributed by atoms with E-state index in [1.807, 2.05) is 17.5 Å². The number of fused-ring (bicyclic) bond motifs is 1. The number of anilines is 1. The van der Waals surface area contributed by atoms with Gasteiger partial charge in [-0.2, -0.15) is 9.61 Å². The van der Waals surface area contributed by atoms with E-state index in [4.69, 9.17) is 0 Å². The summed E-state index contributed by atoms with van der Waals surface area (Å²) in [7, 11) is -4.03. The molecule has 5 aromatic rings. The number of sulfonamides is 1. The Morgan fingerprint density at radius 1 is 0.970 bits per heavy atom. The number of rotatable bonds is 6. The van der Waals surface area contributed by atoms with Crippen molar-refractivity contribution >= 4 is 38.4 Å². The number of benzene rings is 2. The molecule has 0 saturated carbocycles. The van der Waals surface area contributed by atoms with Crippen molar-refractivity contribution in [3.05, 3.63) is 88.3 Å². The second kappa shape index (κ2) is 8.07. The van der Waals surface area contributed by atoms with Crippen LogP contribution in [0.25, 0.3) is 27.6 Å². The van der Waals surface area contributed by atoms with Gasteiger partial charge in [0.15, 0.2) is 11.5 Å². The third kappa shape index (κ3) is 4.04. The first-order valence-electron chi connectivity index (χ1n) is 9.55. The Labute approximate surface area is 191 Å². The lowest BCUT2D eigenvalue weighted by molar-refractivity contribution is -0.385. The number of thiophene rings is 1. The standard InChI is InChI=1S/C21H14N6O4S2/c28-27(29)16-6-2-7-17(13-16)33(30,31)25-15-5-1-4-14(12-15)18-9-10-20-22-23-21(26(20)24-18)19-8-3-11-32-19/h1-13,25H. The van der Waals surface area contributed by atoms with Gasteiger partial charge < -0.3 is 0 Å². The summed E-state index contributed by atoms with van der Waals surface area (Å²) in [5.74, 6) is 0.615. The fourth-order valence-electron chi connectivity index (χ4n) is 3.22. The van der Waals surface area contributed by atoms with Crippen LogP contribution in [0.2, 0.25) is 0 Å². The summed E-state index contributed by atoms with van der Waals surface area (Å²) in [5.41, 5.74) is 1.84. The Balaban J connectivity index is 1.48. The van der Waals surface area contributed by atoms with E-state index < -0.39 is 14.9 Å². The van der Waals surface area contributed by atoms with Crippen molar-refractivity contribution in [2.24, 2.45) is 0 Å². The molecule has 0 spiro atoms. The fourth-order valence-corrected chi connectivity index (χ4v) is 5.00. The monoisotopic (exact) mass is 478 g/mol. The van der Waals surface area contributed by atoms with E-state index in [1.165, 1.54) is 29.5 Å². The quantitative estimate of drug-likeness (QED) is 0.285. The van der Waals surface area contributed by atoms with Crippen molar-refractivity contribution in [1.82, 2.24) is 19.8 Å². The SMILES string of the molecule is O=[N+]([O-])c1cccc(S(=O)(=O)Nc2cccc(-c3ccc4nnc(-c5cccs5)n4n3)c2)c1. The highest BCUT2D eigenvalue weighted by molar-refractivity contribution is 7.92. The first-order chi connectivity index (χ1) is 15.9. The molecule has 0 unspecified atom stereocenters.